The Hall–Kier alpha value is -1.65. The smallest absolute Gasteiger partial charge is 0.224 e. The summed E-state index contributed by atoms with van der Waals surface area (Å²) < 4.78 is 38.5. The Kier molecular flexibility index (Phi) is 4.30. The van der Waals surface area contributed by atoms with Crippen molar-refractivity contribution in [3.05, 3.63) is 29.0 Å². The van der Waals surface area contributed by atoms with Crippen LogP contribution in [0, 0.1) is 23.1 Å². The minimum atomic E-state index is -3.73. The van der Waals surface area contributed by atoms with E-state index in [4.69, 9.17) is 16.9 Å². The lowest BCUT2D eigenvalue weighted by molar-refractivity contribution is -0.125. The molecular weight excluding hydrogens is 355 g/mol. The normalized spacial score (nSPS) is 25.0. The third-order valence-corrected chi connectivity index (χ3v) is 7.42. The summed E-state index contributed by atoms with van der Waals surface area (Å²) in [5.74, 6) is -1.30. The maximum absolute atomic E-state index is 13.1. The standard InChI is InChI=1S/C16H16ClFN2O3S/c17-13-8-11(18)2-4-14(13)24(22,23)12-3-1-10(7-12)15(21)20-16(9-19)5-6-16/h2,4,8,10,12H,1,3,5-7H2,(H,20,21). The minimum absolute atomic E-state index is 0.104. The van der Waals surface area contributed by atoms with Crippen molar-refractivity contribution < 1.29 is 17.6 Å². The van der Waals surface area contributed by atoms with Gasteiger partial charge in [-0.3, -0.25) is 4.79 Å². The highest BCUT2D eigenvalue weighted by Crippen LogP contribution is 2.39. The van der Waals surface area contributed by atoms with Crippen LogP contribution in [0.3, 0.4) is 0 Å². The fourth-order valence-electron chi connectivity index (χ4n) is 3.07. The highest BCUT2D eigenvalue weighted by Gasteiger charge is 2.47. The number of carbonyl (C=O) groups is 1. The Morgan fingerprint density at radius 1 is 1.38 bits per heavy atom. The van der Waals surface area contributed by atoms with E-state index in [9.17, 15) is 17.6 Å². The average molecular weight is 371 g/mol. The number of nitrogens with zero attached hydrogens (tertiary/aromatic N) is 1. The van der Waals surface area contributed by atoms with Gasteiger partial charge in [0.1, 0.15) is 11.4 Å². The van der Waals surface area contributed by atoms with Gasteiger partial charge in [0.25, 0.3) is 0 Å². The SMILES string of the molecule is N#CC1(NC(=O)C2CCC(S(=O)(=O)c3ccc(F)cc3Cl)C2)CC1. The Bertz CT molecular complexity index is 830. The van der Waals surface area contributed by atoms with Crippen LogP contribution in [0.1, 0.15) is 32.1 Å². The summed E-state index contributed by atoms with van der Waals surface area (Å²) in [7, 11) is -3.73. The molecule has 0 bridgehead atoms. The summed E-state index contributed by atoms with van der Waals surface area (Å²) >= 11 is 5.87. The summed E-state index contributed by atoms with van der Waals surface area (Å²) in [6, 6.07) is 5.27. The molecule has 0 radical (unpaired) electrons. The van der Waals surface area contributed by atoms with Gasteiger partial charge in [0.15, 0.2) is 9.84 Å². The first kappa shape index (κ1) is 17.2. The molecule has 0 heterocycles. The molecule has 0 aromatic heterocycles. The van der Waals surface area contributed by atoms with Gasteiger partial charge in [-0.2, -0.15) is 5.26 Å². The first-order chi connectivity index (χ1) is 11.3. The van der Waals surface area contributed by atoms with E-state index >= 15 is 0 Å². The van der Waals surface area contributed by atoms with Crippen LogP contribution < -0.4 is 5.32 Å². The molecule has 3 rings (SSSR count). The van der Waals surface area contributed by atoms with Crippen LogP contribution >= 0.6 is 11.6 Å². The largest absolute Gasteiger partial charge is 0.338 e. The third kappa shape index (κ3) is 3.13. The van der Waals surface area contributed by atoms with Gasteiger partial charge in [0.05, 0.1) is 21.2 Å². The maximum atomic E-state index is 13.1. The molecule has 2 atom stereocenters. The van der Waals surface area contributed by atoms with Crippen molar-refractivity contribution in [2.75, 3.05) is 0 Å². The molecule has 0 spiro atoms. The lowest BCUT2D eigenvalue weighted by Crippen LogP contribution is -2.39. The number of benzene rings is 1. The molecule has 0 saturated heterocycles. The molecule has 24 heavy (non-hydrogen) atoms. The van der Waals surface area contributed by atoms with Gasteiger partial charge in [0.2, 0.25) is 5.91 Å². The van der Waals surface area contributed by atoms with Crippen molar-refractivity contribution >= 4 is 27.3 Å². The van der Waals surface area contributed by atoms with E-state index in [2.05, 4.69) is 11.4 Å². The topological polar surface area (TPSA) is 87.0 Å². The molecule has 1 aromatic carbocycles. The van der Waals surface area contributed by atoms with Crippen LogP contribution in [0.5, 0.6) is 0 Å². The number of amides is 1. The predicted octanol–water partition coefficient (Wildman–Crippen LogP) is 2.59. The number of halogens is 2. The molecule has 0 aliphatic heterocycles. The second kappa shape index (κ2) is 6.01. The van der Waals surface area contributed by atoms with Crippen molar-refractivity contribution in [3.63, 3.8) is 0 Å². The van der Waals surface area contributed by atoms with Gasteiger partial charge in [-0.1, -0.05) is 11.6 Å². The van der Waals surface area contributed by atoms with Crippen LogP contribution in [0.25, 0.3) is 0 Å². The Labute approximate surface area is 144 Å². The van der Waals surface area contributed by atoms with Crippen LogP contribution in [0.2, 0.25) is 5.02 Å². The highest BCUT2D eigenvalue weighted by molar-refractivity contribution is 7.92. The number of nitriles is 1. The van der Waals surface area contributed by atoms with Gasteiger partial charge >= 0.3 is 0 Å². The number of nitrogens with one attached hydrogen (secondary N) is 1. The van der Waals surface area contributed by atoms with E-state index in [-0.39, 0.29) is 22.2 Å². The summed E-state index contributed by atoms with van der Waals surface area (Å²) in [6.07, 6.45) is 2.23. The zero-order chi connectivity index (χ0) is 17.5. The lowest BCUT2D eigenvalue weighted by Gasteiger charge is -2.15. The van der Waals surface area contributed by atoms with Crippen molar-refractivity contribution in [1.29, 1.82) is 5.26 Å². The van der Waals surface area contributed by atoms with E-state index in [0.29, 0.717) is 25.7 Å². The molecular formula is C16H16ClFN2O3S. The van der Waals surface area contributed by atoms with E-state index in [0.717, 1.165) is 18.2 Å². The van der Waals surface area contributed by atoms with Gasteiger partial charge in [0, 0.05) is 5.92 Å². The Balaban J connectivity index is 1.73. The molecule has 1 amide bonds. The first-order valence-corrected chi connectivity index (χ1v) is 9.62. The monoisotopic (exact) mass is 370 g/mol. The van der Waals surface area contributed by atoms with Crippen molar-refractivity contribution in [2.45, 2.75) is 47.8 Å². The first-order valence-electron chi connectivity index (χ1n) is 7.70. The van der Waals surface area contributed by atoms with Crippen LogP contribution in [-0.4, -0.2) is 25.1 Å². The van der Waals surface area contributed by atoms with E-state index < -0.39 is 32.4 Å². The Morgan fingerprint density at radius 2 is 2.08 bits per heavy atom. The van der Waals surface area contributed by atoms with Crippen LogP contribution in [0.4, 0.5) is 4.39 Å². The number of carbonyl (C=O) groups excluding carboxylic acids is 1. The molecule has 8 heteroatoms. The fourth-order valence-corrected chi connectivity index (χ4v) is 5.44. The maximum Gasteiger partial charge on any atom is 0.224 e. The predicted molar refractivity (Wildman–Crippen MR) is 85.4 cm³/mol. The zero-order valence-electron chi connectivity index (χ0n) is 12.8. The van der Waals surface area contributed by atoms with Gasteiger partial charge < -0.3 is 5.32 Å². The van der Waals surface area contributed by atoms with E-state index in [1.165, 1.54) is 0 Å². The number of hydrogen-bond acceptors (Lipinski definition) is 4. The van der Waals surface area contributed by atoms with Gasteiger partial charge in [-0.05, 0) is 50.3 Å². The molecule has 2 saturated carbocycles. The second-order valence-corrected chi connectivity index (χ2v) is 9.04. The molecule has 1 aromatic rings. The summed E-state index contributed by atoms with van der Waals surface area (Å²) in [5, 5.41) is 10.9. The van der Waals surface area contributed by atoms with E-state index in [1.54, 1.807) is 0 Å². The minimum Gasteiger partial charge on any atom is -0.338 e. The number of rotatable bonds is 4. The molecule has 2 aliphatic rings. The number of sulfone groups is 1. The molecule has 2 unspecified atom stereocenters. The average Bonchev–Trinajstić information content (AvgIpc) is 3.10. The van der Waals surface area contributed by atoms with Crippen molar-refractivity contribution in [2.24, 2.45) is 5.92 Å². The van der Waals surface area contributed by atoms with Crippen molar-refractivity contribution in [1.82, 2.24) is 5.32 Å². The quantitative estimate of drug-likeness (QED) is 0.825. The summed E-state index contributed by atoms with van der Waals surface area (Å²) in [5.41, 5.74) is -0.756. The van der Waals surface area contributed by atoms with Crippen LogP contribution in [-0.2, 0) is 14.6 Å². The number of hydrogen-bond donors (Lipinski definition) is 1. The molecule has 5 nitrogen and oxygen atoms in total. The third-order valence-electron chi connectivity index (χ3n) is 4.72. The second-order valence-electron chi connectivity index (χ2n) is 6.43. The fraction of sp³-hybridized carbons (Fsp3) is 0.500. The lowest BCUT2D eigenvalue weighted by atomic mass is 10.1. The summed E-state index contributed by atoms with van der Waals surface area (Å²) in [6.45, 7) is 0. The van der Waals surface area contributed by atoms with Crippen LogP contribution in [0.15, 0.2) is 23.1 Å². The van der Waals surface area contributed by atoms with Gasteiger partial charge in [-0.15, -0.1) is 0 Å². The van der Waals surface area contributed by atoms with Crippen molar-refractivity contribution in [3.8, 4) is 6.07 Å². The molecule has 2 fully saturated rings. The highest BCUT2D eigenvalue weighted by atomic mass is 35.5. The molecule has 128 valence electrons. The van der Waals surface area contributed by atoms with E-state index in [1.807, 2.05) is 0 Å². The molecule has 1 N–H and O–H groups in total. The molecule has 2 aliphatic carbocycles. The van der Waals surface area contributed by atoms with Gasteiger partial charge in [-0.25, -0.2) is 12.8 Å². The Morgan fingerprint density at radius 3 is 2.67 bits per heavy atom. The summed E-state index contributed by atoms with van der Waals surface area (Å²) in [4.78, 5) is 12.1. The zero-order valence-corrected chi connectivity index (χ0v) is 14.3.